The Labute approximate surface area is 420 Å². The maximum atomic E-state index is 9.50. The minimum absolute atomic E-state index is 0.906. The number of rotatable bonds is 0. The normalized spacial score (nSPS) is 31.8. The Balaban J connectivity index is 1.22. The van der Waals surface area contributed by atoms with Gasteiger partial charge in [-0.3, -0.25) is 0 Å². The predicted octanol–water partition coefficient (Wildman–Crippen LogP) is 19.6. The summed E-state index contributed by atoms with van der Waals surface area (Å²) in [5.41, 5.74) is 11.0. The highest BCUT2D eigenvalue weighted by Crippen LogP contribution is 2.96. The molecule has 0 fully saturated rings. The van der Waals surface area contributed by atoms with Gasteiger partial charge in [0, 0.05) is 0 Å². The van der Waals surface area contributed by atoms with Gasteiger partial charge < -0.3 is 0 Å². The zero-order valence-electron chi connectivity index (χ0n) is 35.3. The lowest BCUT2D eigenvalue weighted by Crippen LogP contribution is -2.60. The van der Waals surface area contributed by atoms with E-state index < -0.39 is 29.2 Å². The minimum Gasteiger partial charge on any atom is -0.109 e. The molecule has 0 N–H and O–H groups in total. The maximum Gasteiger partial charge on any atom is 0.123 e. The zero-order chi connectivity index (χ0) is 43.6. The van der Waals surface area contributed by atoms with Crippen LogP contribution in [0.4, 0.5) is 0 Å². The van der Waals surface area contributed by atoms with Crippen molar-refractivity contribution in [3.8, 4) is 0 Å². The number of hydrogen-bond donors (Lipinski definition) is 0. The molecule has 0 heterocycles. The molecule has 306 valence electrons. The van der Waals surface area contributed by atoms with Crippen molar-refractivity contribution in [3.63, 3.8) is 0 Å². The highest BCUT2D eigenvalue weighted by Gasteiger charge is 2.93. The molecule has 6 heteroatoms. The Hall–Kier alpha value is -6.06. The summed E-state index contributed by atoms with van der Waals surface area (Å²) in [6.07, 6.45) is 0. The van der Waals surface area contributed by atoms with Crippen molar-refractivity contribution in [2.75, 3.05) is 0 Å². The SMILES string of the molecule is Cl[C@@]12C3=C4[C@@]5(Cl)c6c1c1c7c2c2c8c9c%10c%11c%12c%13c%14c(c5c5c%15c6c6c1c1c%16c7c8c7c8c9c9c%17c%10c%13c%10c%13c%14c5c5c%14c%15c%15c6c1c1c(c%167)c6c8c9c7c(c%10%17)c(c%135)c5c%14c%15c1c6c57)[C@@]4(Cl)[C@]%12(Cl)[C@@]3(Cl)[C@]2%11Cl. The van der Waals surface area contributed by atoms with Gasteiger partial charge in [0.15, 0.2) is 0 Å². The third kappa shape index (κ3) is 1.38. The van der Waals surface area contributed by atoms with E-state index in [4.69, 9.17) is 0 Å². The monoisotopic (exact) mass is 1000 g/mol. The van der Waals surface area contributed by atoms with Crippen LogP contribution in [0.1, 0.15) is 44.5 Å². The number of alkyl halides is 6. The van der Waals surface area contributed by atoms with Crippen molar-refractivity contribution < 1.29 is 0 Å². The Kier molecular flexibility index (Phi) is 2.38. The average Bonchev–Trinajstić information content (AvgIpc) is 4.42. The molecule has 26 aromatic carbocycles. The lowest BCUT2D eigenvalue weighted by atomic mass is 9.57. The third-order valence-corrected chi connectivity index (χ3v) is 30.8. The van der Waals surface area contributed by atoms with Gasteiger partial charge in [-0.05, 0) is 325 Å². The van der Waals surface area contributed by atoms with Gasteiger partial charge >= 0.3 is 0 Å². The standard InChI is InChI=1S/C66Cl6/c67-61-51-43-33-23-15-7-3-1-2-4-8-10-6(2)14-13-5(1)9(7)17-25-21(13)32-22(14)26-18(10)30-29-16(8)24-20-12(4)11(3)19(23)31(20)41(43)44-34(24)39(29)49-50-40(30)36(26)46-42(32)45-35(25)38-28(17)27(15)37(33)47-48(38)54-55(45)63(69)57(46)58(50)65(71)64(70,56(49)53(44)61)59(61)60(66(63,65)72)62(54,68)52(47)51/t61-,62+,63+,64+,65+,66+/m1/s1. The van der Waals surface area contributed by atoms with Crippen molar-refractivity contribution in [2.45, 2.75) is 29.2 Å². The molecular formula is C66Cl6. The Bertz CT molecular complexity index is 7720. The molecule has 0 aliphatic heterocycles. The summed E-state index contributed by atoms with van der Waals surface area (Å²) in [5, 5.41) is 72.5. The fraction of sp³-hybridized carbons (Fsp3) is 0.0909. The van der Waals surface area contributed by atoms with Gasteiger partial charge in [0.05, 0.1) is 0 Å². The molecule has 0 nitrogen and oxygen atoms in total. The van der Waals surface area contributed by atoms with Crippen LogP contribution in [0.5, 0.6) is 0 Å². The first-order chi connectivity index (χ1) is 35.2. The zero-order valence-corrected chi connectivity index (χ0v) is 39.8. The van der Waals surface area contributed by atoms with E-state index >= 15 is 0 Å². The topological polar surface area (TPSA) is 0 Å². The number of hydrogen-bond acceptors (Lipinski definition) is 0. The highest BCUT2D eigenvalue weighted by molar-refractivity contribution is 6.81. The summed E-state index contributed by atoms with van der Waals surface area (Å²) in [5.74, 6) is 0. The Morgan fingerprint density at radius 1 is 0.139 bits per heavy atom. The highest BCUT2D eigenvalue weighted by atomic mass is 35.5. The lowest BCUT2D eigenvalue weighted by molar-refractivity contribution is 0.395. The molecule has 0 saturated carbocycles. The van der Waals surface area contributed by atoms with Crippen molar-refractivity contribution in [2.24, 2.45) is 0 Å². The molecule has 26 aromatic rings. The molecular weight excluding hydrogens is 1010 g/mol. The first-order valence-corrected chi connectivity index (χ1v) is 28.2. The molecule has 0 amide bonds. The summed E-state index contributed by atoms with van der Waals surface area (Å²) in [4.78, 5) is -8.01. The number of benzene rings is 18. The summed E-state index contributed by atoms with van der Waals surface area (Å²) in [6.45, 7) is 0. The molecule has 72 heavy (non-hydrogen) atoms. The molecule has 6 atom stereocenters. The number of allylic oxidation sites excluding steroid dienone is 2. The van der Waals surface area contributed by atoms with Crippen LogP contribution in [0.15, 0.2) is 11.1 Å². The molecule has 0 radical (unpaired) electrons. The second-order valence-corrected chi connectivity index (χ2v) is 29.9. The first-order valence-electron chi connectivity index (χ1n) is 25.9. The molecule has 0 aromatic heterocycles. The smallest absolute Gasteiger partial charge is 0.109 e. The van der Waals surface area contributed by atoms with Crippen LogP contribution >= 0.6 is 69.6 Å². The van der Waals surface area contributed by atoms with Crippen LogP contribution in [0.3, 0.4) is 0 Å². The summed E-state index contributed by atoms with van der Waals surface area (Å²) in [6, 6.07) is 0. The Morgan fingerprint density at radius 3 is 0.611 bits per heavy atom. The van der Waals surface area contributed by atoms with Gasteiger partial charge in [-0.2, -0.15) is 0 Å². The molecule has 0 spiro atoms. The second-order valence-electron chi connectivity index (χ2n) is 26.5. The molecule has 0 saturated heterocycles. The van der Waals surface area contributed by atoms with E-state index in [0.717, 1.165) is 33.4 Å². The van der Waals surface area contributed by atoms with Crippen molar-refractivity contribution in [1.29, 1.82) is 0 Å². The fourth-order valence-corrected chi connectivity index (χ4v) is 30.5. The van der Waals surface area contributed by atoms with E-state index in [1.54, 1.807) is 32.3 Å². The van der Waals surface area contributed by atoms with Gasteiger partial charge in [0.1, 0.15) is 29.2 Å². The van der Waals surface area contributed by atoms with E-state index in [-0.39, 0.29) is 0 Å². The predicted molar refractivity (Wildman–Crippen MR) is 303 cm³/mol. The summed E-state index contributed by atoms with van der Waals surface area (Å²) >= 11 is 56.7. The van der Waals surface area contributed by atoms with Crippen LogP contribution in [0.25, 0.3) is 269 Å². The van der Waals surface area contributed by atoms with Crippen molar-refractivity contribution in [3.05, 3.63) is 55.7 Å². The summed E-state index contributed by atoms with van der Waals surface area (Å²) < 4.78 is 0. The Morgan fingerprint density at radius 2 is 0.306 bits per heavy atom. The average molecular weight is 1010 g/mol. The van der Waals surface area contributed by atoms with Crippen LogP contribution in [0, 0.1) is 0 Å². The molecule has 0 bridgehead atoms. The van der Waals surface area contributed by atoms with E-state index in [0.29, 0.717) is 0 Å². The van der Waals surface area contributed by atoms with Crippen LogP contribution in [0.2, 0.25) is 0 Å². The first kappa shape index (κ1) is 28.4. The van der Waals surface area contributed by atoms with Gasteiger partial charge in [-0.15, -0.1) is 69.6 Å². The minimum atomic E-state index is -1.47. The molecule has 9 aliphatic rings. The van der Waals surface area contributed by atoms with Crippen LogP contribution in [-0.2, 0) is 24.4 Å². The van der Waals surface area contributed by atoms with Gasteiger partial charge in [-0.1, -0.05) is 0 Å². The van der Waals surface area contributed by atoms with Gasteiger partial charge in [0.25, 0.3) is 0 Å². The molecule has 9 aliphatic carbocycles. The summed E-state index contributed by atoms with van der Waals surface area (Å²) in [7, 11) is 0. The second kappa shape index (κ2) is 6.02. The number of halogens is 6. The lowest BCUT2D eigenvalue weighted by Gasteiger charge is -2.56. The molecule has 0 unspecified atom stereocenters. The van der Waals surface area contributed by atoms with Gasteiger partial charge in [0.2, 0.25) is 0 Å². The van der Waals surface area contributed by atoms with E-state index in [1.165, 1.54) is 259 Å². The van der Waals surface area contributed by atoms with E-state index in [2.05, 4.69) is 0 Å². The van der Waals surface area contributed by atoms with Crippen LogP contribution < -0.4 is 0 Å². The maximum absolute atomic E-state index is 9.50. The third-order valence-electron chi connectivity index (χ3n) is 26.6. The largest absolute Gasteiger partial charge is 0.123 e. The van der Waals surface area contributed by atoms with E-state index in [9.17, 15) is 69.6 Å². The van der Waals surface area contributed by atoms with Crippen LogP contribution in [-0.4, -0.2) is 4.87 Å². The fourth-order valence-electron chi connectivity index (χ4n) is 26.5. The van der Waals surface area contributed by atoms with Crippen molar-refractivity contribution in [1.82, 2.24) is 0 Å². The quantitative estimate of drug-likeness (QED) is 0.0807. The van der Waals surface area contributed by atoms with Gasteiger partial charge in [-0.25, -0.2) is 0 Å². The van der Waals surface area contributed by atoms with Crippen molar-refractivity contribution >= 4 is 339 Å². The van der Waals surface area contributed by atoms with E-state index in [1.807, 2.05) is 0 Å². The molecule has 35 rings (SSSR count).